The molecule has 0 fully saturated rings. The summed E-state index contributed by atoms with van der Waals surface area (Å²) in [5.74, 6) is 0.943. The molecule has 1 aliphatic rings. The fourth-order valence-electron chi connectivity index (χ4n) is 3.52. The second-order valence-corrected chi connectivity index (χ2v) is 6.66. The van der Waals surface area contributed by atoms with Gasteiger partial charge in [-0.3, -0.25) is 5.10 Å². The van der Waals surface area contributed by atoms with Gasteiger partial charge in [-0.2, -0.15) is 10.2 Å². The van der Waals surface area contributed by atoms with Gasteiger partial charge >= 0.3 is 0 Å². The van der Waals surface area contributed by atoms with Crippen molar-refractivity contribution in [1.29, 1.82) is 0 Å². The Hall–Kier alpha value is -3.41. The van der Waals surface area contributed by atoms with E-state index in [1.54, 1.807) is 12.3 Å². The van der Waals surface area contributed by atoms with Crippen LogP contribution in [0.2, 0.25) is 0 Å². The van der Waals surface area contributed by atoms with Crippen molar-refractivity contribution in [3.63, 3.8) is 0 Å². The molecule has 1 aromatic carbocycles. The first-order chi connectivity index (χ1) is 12.7. The molecule has 5 rings (SSSR count). The lowest BCUT2D eigenvalue weighted by Gasteiger charge is -2.18. The lowest BCUT2D eigenvalue weighted by Crippen LogP contribution is -2.17. The van der Waals surface area contributed by atoms with Crippen molar-refractivity contribution in [2.24, 2.45) is 0 Å². The molecule has 0 amide bonds. The van der Waals surface area contributed by atoms with E-state index in [-0.39, 0.29) is 0 Å². The molecule has 26 heavy (non-hydrogen) atoms. The van der Waals surface area contributed by atoms with Crippen molar-refractivity contribution in [3.05, 3.63) is 71.7 Å². The lowest BCUT2D eigenvalue weighted by atomic mass is 10.1. The maximum atomic E-state index is 4.85. The fraction of sp³-hybridized carbons (Fsp3) is 0.150. The molecule has 0 bridgehead atoms. The Bertz CT molecular complexity index is 1120. The topological polar surface area (TPSA) is 62.1 Å². The summed E-state index contributed by atoms with van der Waals surface area (Å²) in [6.07, 6.45) is 5.41. The van der Waals surface area contributed by atoms with Crippen molar-refractivity contribution in [2.45, 2.75) is 20.0 Å². The van der Waals surface area contributed by atoms with E-state index in [1.165, 1.54) is 16.7 Å². The summed E-state index contributed by atoms with van der Waals surface area (Å²) in [5, 5.41) is 11.5. The maximum Gasteiger partial charge on any atom is 0.158 e. The van der Waals surface area contributed by atoms with Gasteiger partial charge in [-0.25, -0.2) is 9.50 Å². The third-order valence-corrected chi connectivity index (χ3v) is 4.84. The lowest BCUT2D eigenvalue weighted by molar-refractivity contribution is 0.846. The number of nitrogens with one attached hydrogen (secondary N) is 1. The molecule has 0 radical (unpaired) electrons. The Morgan fingerprint density at radius 3 is 2.85 bits per heavy atom. The van der Waals surface area contributed by atoms with Crippen molar-refractivity contribution in [3.8, 4) is 11.3 Å². The van der Waals surface area contributed by atoms with Crippen LogP contribution >= 0.6 is 0 Å². The summed E-state index contributed by atoms with van der Waals surface area (Å²) in [7, 11) is 0. The number of aryl methyl sites for hydroxylation is 1. The molecular formula is C20H18N6. The van der Waals surface area contributed by atoms with Crippen LogP contribution in [0.5, 0.6) is 0 Å². The number of rotatable bonds is 3. The highest BCUT2D eigenvalue weighted by Crippen LogP contribution is 2.31. The number of hydrogen-bond donors (Lipinski definition) is 1. The summed E-state index contributed by atoms with van der Waals surface area (Å²) in [6.45, 7) is 7.69. The summed E-state index contributed by atoms with van der Waals surface area (Å²) >= 11 is 0. The first-order valence-electron chi connectivity index (χ1n) is 8.57. The Balaban J connectivity index is 1.64. The highest BCUT2D eigenvalue weighted by molar-refractivity contribution is 5.68. The van der Waals surface area contributed by atoms with Gasteiger partial charge in [0, 0.05) is 37.0 Å². The number of fused-ring (bicyclic) bond motifs is 2. The van der Waals surface area contributed by atoms with Crippen LogP contribution in [-0.2, 0) is 13.1 Å². The molecule has 1 N–H and O–H groups in total. The Labute approximate surface area is 150 Å². The number of nitrogens with zero attached hydrogens (tertiary/aromatic N) is 5. The van der Waals surface area contributed by atoms with Gasteiger partial charge in [0.05, 0.1) is 17.6 Å². The van der Waals surface area contributed by atoms with Gasteiger partial charge in [-0.1, -0.05) is 30.3 Å². The van der Waals surface area contributed by atoms with Crippen LogP contribution in [0, 0.1) is 6.92 Å². The largest absolute Gasteiger partial charge is 0.348 e. The molecule has 128 valence electrons. The number of hydrogen-bond acceptors (Lipinski definition) is 4. The predicted molar refractivity (Wildman–Crippen MR) is 102 cm³/mol. The van der Waals surface area contributed by atoms with E-state index in [4.69, 9.17) is 4.98 Å². The normalized spacial score (nSPS) is 13.3. The van der Waals surface area contributed by atoms with Crippen molar-refractivity contribution < 1.29 is 0 Å². The van der Waals surface area contributed by atoms with Gasteiger partial charge in [0.2, 0.25) is 0 Å². The molecule has 0 saturated heterocycles. The minimum Gasteiger partial charge on any atom is -0.348 e. The van der Waals surface area contributed by atoms with E-state index in [0.29, 0.717) is 0 Å². The van der Waals surface area contributed by atoms with Gasteiger partial charge in [-0.15, -0.1) is 0 Å². The Kier molecular flexibility index (Phi) is 3.18. The zero-order chi connectivity index (χ0) is 17.7. The molecule has 0 spiro atoms. The molecule has 3 aromatic heterocycles. The standard InChI is InChI=1S/C20H18N6/c1-3-17-7-20-23-19(8-18(26(20)24-17)16-9-21-22-10-16)25-11-14-5-4-13(2)6-15(14)12-25/h3-10H,1,11-12H2,2H3,(H,21,22). The van der Waals surface area contributed by atoms with Crippen molar-refractivity contribution in [2.75, 3.05) is 4.90 Å². The summed E-state index contributed by atoms with van der Waals surface area (Å²) in [6, 6.07) is 10.7. The van der Waals surface area contributed by atoms with Crippen molar-refractivity contribution in [1.82, 2.24) is 24.8 Å². The molecular weight excluding hydrogens is 324 g/mol. The van der Waals surface area contributed by atoms with Gasteiger partial charge in [0.15, 0.2) is 5.65 Å². The summed E-state index contributed by atoms with van der Waals surface area (Å²) in [5.41, 5.74) is 7.57. The fourth-order valence-corrected chi connectivity index (χ4v) is 3.52. The van der Waals surface area contributed by atoms with Gasteiger partial charge in [-0.05, 0) is 24.1 Å². The Morgan fingerprint density at radius 2 is 2.04 bits per heavy atom. The second-order valence-electron chi connectivity index (χ2n) is 6.66. The summed E-state index contributed by atoms with van der Waals surface area (Å²) in [4.78, 5) is 7.15. The van der Waals surface area contributed by atoms with Crippen LogP contribution in [0.4, 0.5) is 5.82 Å². The number of aromatic nitrogens is 5. The molecule has 0 unspecified atom stereocenters. The van der Waals surface area contributed by atoms with Crippen LogP contribution in [0.25, 0.3) is 23.0 Å². The van der Waals surface area contributed by atoms with E-state index in [2.05, 4.69) is 58.0 Å². The predicted octanol–water partition coefficient (Wildman–Crippen LogP) is 3.59. The maximum absolute atomic E-state index is 4.85. The average Bonchev–Trinajstić information content (AvgIpc) is 3.38. The zero-order valence-corrected chi connectivity index (χ0v) is 14.5. The molecule has 6 nitrogen and oxygen atoms in total. The monoisotopic (exact) mass is 342 g/mol. The van der Waals surface area contributed by atoms with E-state index in [9.17, 15) is 0 Å². The highest BCUT2D eigenvalue weighted by Gasteiger charge is 2.22. The SMILES string of the molecule is C=Cc1cc2nc(N3Cc4ccc(C)cc4C3)cc(-c3cn[nH]c3)n2n1. The second kappa shape index (κ2) is 5.56. The first-order valence-corrected chi connectivity index (χ1v) is 8.57. The zero-order valence-electron chi connectivity index (χ0n) is 14.5. The average molecular weight is 342 g/mol. The number of H-pyrrole nitrogens is 1. The van der Waals surface area contributed by atoms with Crippen LogP contribution < -0.4 is 4.90 Å². The Morgan fingerprint density at radius 1 is 1.15 bits per heavy atom. The van der Waals surface area contributed by atoms with Crippen LogP contribution in [0.15, 0.2) is 49.3 Å². The molecule has 0 aliphatic carbocycles. The molecule has 1 aliphatic heterocycles. The third-order valence-electron chi connectivity index (χ3n) is 4.84. The molecule has 0 saturated carbocycles. The van der Waals surface area contributed by atoms with Gasteiger partial charge < -0.3 is 4.90 Å². The highest BCUT2D eigenvalue weighted by atomic mass is 15.3. The minimum atomic E-state index is 0.805. The van der Waals surface area contributed by atoms with E-state index >= 15 is 0 Å². The van der Waals surface area contributed by atoms with Gasteiger partial charge in [0.25, 0.3) is 0 Å². The van der Waals surface area contributed by atoms with Gasteiger partial charge in [0.1, 0.15) is 5.82 Å². The first kappa shape index (κ1) is 14.9. The quantitative estimate of drug-likeness (QED) is 0.618. The van der Waals surface area contributed by atoms with Crippen molar-refractivity contribution >= 4 is 17.5 Å². The van der Waals surface area contributed by atoms with Crippen LogP contribution in [0.1, 0.15) is 22.4 Å². The molecule has 0 atom stereocenters. The van der Waals surface area contributed by atoms with Crippen LogP contribution in [0.3, 0.4) is 0 Å². The minimum absolute atomic E-state index is 0.805. The number of benzene rings is 1. The smallest absolute Gasteiger partial charge is 0.158 e. The number of aromatic amines is 1. The third kappa shape index (κ3) is 2.30. The van der Waals surface area contributed by atoms with Crippen LogP contribution in [-0.4, -0.2) is 24.8 Å². The van der Waals surface area contributed by atoms with E-state index in [0.717, 1.165) is 41.5 Å². The number of anilines is 1. The van der Waals surface area contributed by atoms with E-state index in [1.807, 2.05) is 16.8 Å². The molecule has 4 aromatic rings. The molecule has 4 heterocycles. The summed E-state index contributed by atoms with van der Waals surface area (Å²) < 4.78 is 1.85. The molecule has 6 heteroatoms. The van der Waals surface area contributed by atoms with E-state index < -0.39 is 0 Å².